The lowest BCUT2D eigenvalue weighted by Crippen LogP contribution is -2.28. The van der Waals surface area contributed by atoms with Crippen molar-refractivity contribution in [1.82, 2.24) is 4.90 Å². The SMILES string of the molecule is COc1ccc(F)cc1CN1CC(C)C(N)C1. The van der Waals surface area contributed by atoms with Gasteiger partial charge in [-0.1, -0.05) is 6.92 Å². The molecule has 1 heterocycles. The van der Waals surface area contributed by atoms with Crippen LogP contribution >= 0.6 is 0 Å². The van der Waals surface area contributed by atoms with E-state index < -0.39 is 0 Å². The summed E-state index contributed by atoms with van der Waals surface area (Å²) in [7, 11) is 1.61. The second kappa shape index (κ2) is 5.02. The van der Waals surface area contributed by atoms with Gasteiger partial charge in [0, 0.05) is 31.2 Å². The van der Waals surface area contributed by atoms with Crippen LogP contribution in [0.1, 0.15) is 12.5 Å². The van der Waals surface area contributed by atoms with E-state index in [0.29, 0.717) is 12.5 Å². The monoisotopic (exact) mass is 238 g/mol. The van der Waals surface area contributed by atoms with Crippen molar-refractivity contribution < 1.29 is 9.13 Å². The maximum absolute atomic E-state index is 13.2. The molecule has 0 aromatic heterocycles. The molecule has 2 atom stereocenters. The van der Waals surface area contributed by atoms with Crippen LogP contribution in [0.3, 0.4) is 0 Å². The standard InChI is InChI=1S/C13H19FN2O/c1-9-6-16(8-12(9)15)7-10-5-11(14)3-4-13(10)17-2/h3-5,9,12H,6-8,15H2,1-2H3. The highest BCUT2D eigenvalue weighted by Crippen LogP contribution is 2.24. The largest absolute Gasteiger partial charge is 0.496 e. The van der Waals surface area contributed by atoms with Gasteiger partial charge < -0.3 is 10.5 Å². The molecule has 4 heteroatoms. The van der Waals surface area contributed by atoms with Crippen LogP contribution in [0, 0.1) is 11.7 Å². The fraction of sp³-hybridized carbons (Fsp3) is 0.538. The molecule has 1 saturated heterocycles. The van der Waals surface area contributed by atoms with E-state index in [1.54, 1.807) is 13.2 Å². The Balaban J connectivity index is 2.10. The second-order valence-corrected chi connectivity index (χ2v) is 4.79. The van der Waals surface area contributed by atoms with Crippen molar-refractivity contribution in [2.75, 3.05) is 20.2 Å². The third-order valence-electron chi connectivity index (χ3n) is 3.38. The third-order valence-corrected chi connectivity index (χ3v) is 3.38. The summed E-state index contributed by atoms with van der Waals surface area (Å²) in [6, 6.07) is 4.84. The minimum atomic E-state index is -0.225. The van der Waals surface area contributed by atoms with Gasteiger partial charge in [0.1, 0.15) is 11.6 Å². The molecule has 94 valence electrons. The molecule has 0 bridgehead atoms. The number of hydrogen-bond donors (Lipinski definition) is 1. The Bertz CT molecular complexity index is 387. The molecule has 1 aromatic carbocycles. The Morgan fingerprint density at radius 2 is 2.24 bits per heavy atom. The van der Waals surface area contributed by atoms with Gasteiger partial charge in [0.05, 0.1) is 7.11 Å². The summed E-state index contributed by atoms with van der Waals surface area (Å²) in [6.45, 7) is 4.66. The maximum atomic E-state index is 13.2. The van der Waals surface area contributed by atoms with E-state index in [1.807, 2.05) is 0 Å². The molecule has 1 aliphatic heterocycles. The Hall–Kier alpha value is -1.13. The molecular weight excluding hydrogens is 219 g/mol. The number of hydrogen-bond acceptors (Lipinski definition) is 3. The molecule has 0 aliphatic carbocycles. The Morgan fingerprint density at radius 3 is 2.82 bits per heavy atom. The minimum absolute atomic E-state index is 0.217. The number of likely N-dealkylation sites (tertiary alicyclic amines) is 1. The van der Waals surface area contributed by atoms with Gasteiger partial charge in [0.2, 0.25) is 0 Å². The zero-order chi connectivity index (χ0) is 12.4. The molecular formula is C13H19FN2O. The molecule has 0 spiro atoms. The number of ether oxygens (including phenoxy) is 1. The van der Waals surface area contributed by atoms with Crippen molar-refractivity contribution in [3.63, 3.8) is 0 Å². The van der Waals surface area contributed by atoms with Crippen LogP contribution in [0.2, 0.25) is 0 Å². The van der Waals surface area contributed by atoms with Crippen molar-refractivity contribution in [1.29, 1.82) is 0 Å². The molecule has 1 aliphatic rings. The normalized spacial score (nSPS) is 25.2. The van der Waals surface area contributed by atoms with Crippen molar-refractivity contribution in [3.05, 3.63) is 29.6 Å². The van der Waals surface area contributed by atoms with Gasteiger partial charge in [-0.15, -0.1) is 0 Å². The van der Waals surface area contributed by atoms with Crippen LogP contribution in [0.15, 0.2) is 18.2 Å². The zero-order valence-corrected chi connectivity index (χ0v) is 10.3. The van der Waals surface area contributed by atoms with E-state index in [-0.39, 0.29) is 11.9 Å². The van der Waals surface area contributed by atoms with Gasteiger partial charge in [-0.2, -0.15) is 0 Å². The summed E-state index contributed by atoms with van der Waals surface area (Å²) in [4.78, 5) is 2.24. The van der Waals surface area contributed by atoms with E-state index >= 15 is 0 Å². The summed E-state index contributed by atoms with van der Waals surface area (Å²) in [6.07, 6.45) is 0. The van der Waals surface area contributed by atoms with E-state index in [2.05, 4.69) is 11.8 Å². The number of nitrogens with two attached hydrogens (primary N) is 1. The van der Waals surface area contributed by atoms with E-state index in [0.717, 1.165) is 24.4 Å². The van der Waals surface area contributed by atoms with Crippen LogP contribution < -0.4 is 10.5 Å². The molecule has 2 N–H and O–H groups in total. The first kappa shape index (κ1) is 12.3. The summed E-state index contributed by atoms with van der Waals surface area (Å²) in [5, 5.41) is 0. The summed E-state index contributed by atoms with van der Waals surface area (Å²) < 4.78 is 18.5. The highest BCUT2D eigenvalue weighted by molar-refractivity contribution is 5.33. The molecule has 1 aromatic rings. The van der Waals surface area contributed by atoms with Crippen molar-refractivity contribution in [2.45, 2.75) is 19.5 Å². The lowest BCUT2D eigenvalue weighted by Gasteiger charge is -2.17. The van der Waals surface area contributed by atoms with E-state index in [4.69, 9.17) is 10.5 Å². The molecule has 0 amide bonds. The fourth-order valence-electron chi connectivity index (χ4n) is 2.34. The number of methoxy groups -OCH3 is 1. The van der Waals surface area contributed by atoms with Gasteiger partial charge in [0.25, 0.3) is 0 Å². The Morgan fingerprint density at radius 1 is 1.47 bits per heavy atom. The number of halogens is 1. The van der Waals surface area contributed by atoms with Crippen LogP contribution in [0.5, 0.6) is 5.75 Å². The maximum Gasteiger partial charge on any atom is 0.123 e. The van der Waals surface area contributed by atoms with E-state index in [1.165, 1.54) is 12.1 Å². The first-order valence-electron chi connectivity index (χ1n) is 5.90. The predicted octanol–water partition coefficient (Wildman–Crippen LogP) is 1.61. The third kappa shape index (κ3) is 2.76. The van der Waals surface area contributed by atoms with E-state index in [9.17, 15) is 4.39 Å². The molecule has 2 unspecified atom stereocenters. The van der Waals surface area contributed by atoms with Gasteiger partial charge in [0.15, 0.2) is 0 Å². The molecule has 3 nitrogen and oxygen atoms in total. The summed E-state index contributed by atoms with van der Waals surface area (Å²) in [5.74, 6) is 1.01. The predicted molar refractivity (Wildman–Crippen MR) is 65.4 cm³/mol. The Kier molecular flexibility index (Phi) is 3.64. The minimum Gasteiger partial charge on any atom is -0.496 e. The average molecular weight is 238 g/mol. The van der Waals surface area contributed by atoms with Crippen LogP contribution in [-0.4, -0.2) is 31.1 Å². The van der Waals surface area contributed by atoms with Gasteiger partial charge in [-0.05, 0) is 24.1 Å². The number of rotatable bonds is 3. The van der Waals surface area contributed by atoms with Gasteiger partial charge >= 0.3 is 0 Å². The Labute approximate surface area is 101 Å². The molecule has 2 rings (SSSR count). The van der Waals surface area contributed by atoms with Gasteiger partial charge in [-0.3, -0.25) is 4.90 Å². The van der Waals surface area contributed by atoms with Crippen LogP contribution in [0.4, 0.5) is 4.39 Å². The lowest BCUT2D eigenvalue weighted by atomic mass is 10.1. The zero-order valence-electron chi connectivity index (χ0n) is 10.3. The van der Waals surface area contributed by atoms with Crippen molar-refractivity contribution in [2.24, 2.45) is 11.7 Å². The highest BCUT2D eigenvalue weighted by atomic mass is 19.1. The van der Waals surface area contributed by atoms with Gasteiger partial charge in [-0.25, -0.2) is 4.39 Å². The molecule has 17 heavy (non-hydrogen) atoms. The lowest BCUT2D eigenvalue weighted by molar-refractivity contribution is 0.309. The van der Waals surface area contributed by atoms with Crippen molar-refractivity contribution in [3.8, 4) is 5.75 Å². The first-order chi connectivity index (χ1) is 8.10. The second-order valence-electron chi connectivity index (χ2n) is 4.79. The quantitative estimate of drug-likeness (QED) is 0.869. The molecule has 0 radical (unpaired) electrons. The molecule has 1 fully saturated rings. The first-order valence-corrected chi connectivity index (χ1v) is 5.90. The summed E-state index contributed by atoms with van der Waals surface area (Å²) in [5.41, 5.74) is 6.86. The van der Waals surface area contributed by atoms with Crippen LogP contribution in [0.25, 0.3) is 0 Å². The van der Waals surface area contributed by atoms with Crippen molar-refractivity contribution >= 4 is 0 Å². The molecule has 0 saturated carbocycles. The van der Waals surface area contributed by atoms with Crippen LogP contribution in [-0.2, 0) is 6.54 Å². The summed E-state index contributed by atoms with van der Waals surface area (Å²) >= 11 is 0. The highest BCUT2D eigenvalue weighted by Gasteiger charge is 2.26. The average Bonchev–Trinajstić information content (AvgIpc) is 2.58. The number of benzene rings is 1. The fourth-order valence-corrected chi connectivity index (χ4v) is 2.34. The number of nitrogens with zero attached hydrogens (tertiary/aromatic N) is 1. The smallest absolute Gasteiger partial charge is 0.123 e. The topological polar surface area (TPSA) is 38.5 Å².